The van der Waals surface area contributed by atoms with Crippen molar-refractivity contribution in [2.24, 2.45) is 4.99 Å². The lowest BCUT2D eigenvalue weighted by molar-refractivity contribution is -0.139. The quantitative estimate of drug-likeness (QED) is 0.733. The molecule has 0 aromatic rings. The maximum absolute atomic E-state index is 13.5. The average molecular weight is 257 g/mol. The Labute approximate surface area is 103 Å². The van der Waals surface area contributed by atoms with Crippen LogP contribution in [0.4, 0.5) is 8.78 Å². The molecular weight excluding hydrogens is 244 g/mol. The minimum Gasteiger partial charge on any atom is -0.479 e. The summed E-state index contributed by atoms with van der Waals surface area (Å²) >= 11 is 0. The Balaban J connectivity index is 2.77. The third kappa shape index (κ3) is 3.49. The van der Waals surface area contributed by atoms with Crippen molar-refractivity contribution in [2.45, 2.75) is 13.1 Å². The standard InChI is InChI=1S/C11H13F2N3O2/c1-3-4-9(13)8(7(2)12)5-16-6-14-10(15-16)11(17)18/h3-4,6,10,15H,2,5H2,1H3,(H,17,18)/b4-3-,9-8+. The SMILES string of the molecule is C=C(F)/C(CN1C=NC(C(=O)O)N1)=C(F)\C=C/C. The van der Waals surface area contributed by atoms with Gasteiger partial charge in [-0.05, 0) is 13.0 Å². The number of carbonyl (C=O) groups is 1. The average Bonchev–Trinajstić information content (AvgIpc) is 2.74. The molecule has 0 amide bonds. The van der Waals surface area contributed by atoms with E-state index in [0.29, 0.717) is 0 Å². The number of rotatable bonds is 5. The fourth-order valence-corrected chi connectivity index (χ4v) is 1.28. The Morgan fingerprint density at radius 2 is 2.33 bits per heavy atom. The van der Waals surface area contributed by atoms with E-state index in [1.54, 1.807) is 6.92 Å². The Bertz CT molecular complexity index is 444. The molecule has 1 aliphatic rings. The first-order valence-corrected chi connectivity index (χ1v) is 5.10. The smallest absolute Gasteiger partial charge is 0.345 e. The van der Waals surface area contributed by atoms with E-state index in [1.807, 2.05) is 0 Å². The zero-order valence-corrected chi connectivity index (χ0v) is 9.73. The predicted molar refractivity (Wildman–Crippen MR) is 63.0 cm³/mol. The van der Waals surface area contributed by atoms with E-state index in [2.05, 4.69) is 17.0 Å². The summed E-state index contributed by atoms with van der Waals surface area (Å²) < 4.78 is 26.6. The van der Waals surface area contributed by atoms with Gasteiger partial charge in [0.05, 0.1) is 6.54 Å². The second-order valence-corrected chi connectivity index (χ2v) is 3.49. The van der Waals surface area contributed by atoms with E-state index < -0.39 is 23.8 Å². The number of allylic oxidation sites excluding steroid dienone is 3. The van der Waals surface area contributed by atoms with Crippen LogP contribution < -0.4 is 5.43 Å². The van der Waals surface area contributed by atoms with Crippen molar-refractivity contribution in [1.82, 2.24) is 10.4 Å². The van der Waals surface area contributed by atoms with Gasteiger partial charge in [0.15, 0.2) is 0 Å². The summed E-state index contributed by atoms with van der Waals surface area (Å²) in [5.74, 6) is -2.86. The molecule has 1 aliphatic heterocycles. The van der Waals surface area contributed by atoms with Gasteiger partial charge in [0.1, 0.15) is 18.0 Å². The van der Waals surface area contributed by atoms with Crippen molar-refractivity contribution in [2.75, 3.05) is 6.54 Å². The molecule has 5 nitrogen and oxygen atoms in total. The Morgan fingerprint density at radius 1 is 1.67 bits per heavy atom. The van der Waals surface area contributed by atoms with Crippen molar-refractivity contribution in [3.63, 3.8) is 0 Å². The molecule has 0 bridgehead atoms. The molecule has 98 valence electrons. The first kappa shape index (κ1) is 14.0. The fraction of sp³-hybridized carbons (Fsp3) is 0.273. The molecule has 1 atom stereocenters. The van der Waals surface area contributed by atoms with E-state index >= 15 is 0 Å². The molecule has 0 aromatic heterocycles. The van der Waals surface area contributed by atoms with Gasteiger partial charge in [-0.15, -0.1) is 0 Å². The lowest BCUT2D eigenvalue weighted by atomic mass is 10.2. The van der Waals surface area contributed by atoms with Crippen LogP contribution in [0.3, 0.4) is 0 Å². The zero-order chi connectivity index (χ0) is 13.7. The predicted octanol–water partition coefficient (Wildman–Crippen LogP) is 1.53. The van der Waals surface area contributed by atoms with Gasteiger partial charge < -0.3 is 5.11 Å². The van der Waals surface area contributed by atoms with Gasteiger partial charge >= 0.3 is 5.97 Å². The van der Waals surface area contributed by atoms with Crippen LogP contribution in [-0.4, -0.2) is 35.1 Å². The van der Waals surface area contributed by atoms with Crippen LogP contribution in [0, 0.1) is 0 Å². The molecule has 0 saturated heterocycles. The van der Waals surface area contributed by atoms with E-state index in [-0.39, 0.29) is 12.1 Å². The largest absolute Gasteiger partial charge is 0.479 e. The van der Waals surface area contributed by atoms with Crippen LogP contribution in [0.5, 0.6) is 0 Å². The number of aliphatic imine (C=N–C) groups is 1. The number of hydrazine groups is 1. The fourth-order valence-electron chi connectivity index (χ4n) is 1.28. The molecule has 1 unspecified atom stereocenters. The van der Waals surface area contributed by atoms with Gasteiger partial charge in [0.2, 0.25) is 6.17 Å². The van der Waals surface area contributed by atoms with Gasteiger partial charge in [-0.25, -0.2) is 18.6 Å². The van der Waals surface area contributed by atoms with E-state index in [4.69, 9.17) is 5.11 Å². The number of carboxylic acids is 1. The first-order valence-electron chi connectivity index (χ1n) is 5.10. The van der Waals surface area contributed by atoms with Crippen molar-refractivity contribution >= 4 is 12.3 Å². The van der Waals surface area contributed by atoms with Crippen LogP contribution in [0.1, 0.15) is 6.92 Å². The number of hydrogen-bond donors (Lipinski definition) is 2. The molecule has 0 fully saturated rings. The van der Waals surface area contributed by atoms with Gasteiger partial charge in [0, 0.05) is 5.57 Å². The summed E-state index contributed by atoms with van der Waals surface area (Å²) in [6.45, 7) is 4.42. The summed E-state index contributed by atoms with van der Waals surface area (Å²) in [5, 5.41) is 9.86. The number of nitrogens with zero attached hydrogens (tertiary/aromatic N) is 2. The van der Waals surface area contributed by atoms with Crippen molar-refractivity contribution in [3.8, 4) is 0 Å². The Kier molecular flexibility index (Phi) is 4.73. The van der Waals surface area contributed by atoms with Crippen LogP contribution in [0.15, 0.2) is 41.0 Å². The monoisotopic (exact) mass is 257 g/mol. The maximum atomic E-state index is 13.5. The van der Waals surface area contributed by atoms with Crippen molar-refractivity contribution in [3.05, 3.63) is 36.0 Å². The van der Waals surface area contributed by atoms with E-state index in [9.17, 15) is 13.6 Å². The lowest BCUT2D eigenvalue weighted by Crippen LogP contribution is -2.41. The molecular formula is C11H13F2N3O2. The highest BCUT2D eigenvalue weighted by atomic mass is 19.1. The van der Waals surface area contributed by atoms with Crippen LogP contribution >= 0.6 is 0 Å². The highest BCUT2D eigenvalue weighted by Crippen LogP contribution is 2.18. The maximum Gasteiger partial charge on any atom is 0.345 e. The van der Waals surface area contributed by atoms with Crippen LogP contribution in [0.2, 0.25) is 0 Å². The number of nitrogens with one attached hydrogen (secondary N) is 1. The van der Waals surface area contributed by atoms with Gasteiger partial charge in [-0.3, -0.25) is 5.01 Å². The first-order chi connectivity index (χ1) is 8.45. The van der Waals surface area contributed by atoms with Crippen LogP contribution in [0.25, 0.3) is 0 Å². The molecule has 1 rings (SSSR count). The molecule has 1 heterocycles. The minimum absolute atomic E-state index is 0.210. The molecule has 0 spiro atoms. The van der Waals surface area contributed by atoms with Crippen molar-refractivity contribution in [1.29, 1.82) is 0 Å². The third-order valence-electron chi connectivity index (χ3n) is 2.13. The summed E-state index contributed by atoms with van der Waals surface area (Å²) in [5.41, 5.74) is 2.19. The van der Waals surface area contributed by atoms with E-state index in [1.165, 1.54) is 17.4 Å². The normalized spacial score (nSPS) is 20.4. The zero-order valence-electron chi connectivity index (χ0n) is 9.73. The van der Waals surface area contributed by atoms with Gasteiger partial charge in [-0.2, -0.15) is 5.43 Å². The summed E-state index contributed by atoms with van der Waals surface area (Å²) in [6.07, 6.45) is 2.56. The van der Waals surface area contributed by atoms with E-state index in [0.717, 1.165) is 6.08 Å². The molecule has 18 heavy (non-hydrogen) atoms. The lowest BCUT2D eigenvalue weighted by Gasteiger charge is -2.17. The molecule has 0 aliphatic carbocycles. The second kappa shape index (κ2) is 6.06. The Hall–Kier alpha value is -2.02. The number of aliphatic carboxylic acids is 1. The number of carboxylic acid groups (broad SMARTS) is 1. The second-order valence-electron chi connectivity index (χ2n) is 3.49. The topological polar surface area (TPSA) is 64.9 Å². The molecule has 2 N–H and O–H groups in total. The highest BCUT2D eigenvalue weighted by molar-refractivity contribution is 5.77. The summed E-state index contributed by atoms with van der Waals surface area (Å²) in [6, 6.07) is 0. The minimum atomic E-state index is -1.17. The summed E-state index contributed by atoms with van der Waals surface area (Å²) in [7, 11) is 0. The Morgan fingerprint density at radius 3 is 2.78 bits per heavy atom. The third-order valence-corrected chi connectivity index (χ3v) is 2.13. The number of hydrogen-bond acceptors (Lipinski definition) is 4. The molecule has 7 heteroatoms. The van der Waals surface area contributed by atoms with Crippen molar-refractivity contribution < 1.29 is 18.7 Å². The summed E-state index contributed by atoms with van der Waals surface area (Å²) in [4.78, 5) is 14.2. The van der Waals surface area contributed by atoms with Gasteiger partial charge in [0.25, 0.3) is 0 Å². The van der Waals surface area contributed by atoms with Gasteiger partial charge in [-0.1, -0.05) is 12.7 Å². The van der Waals surface area contributed by atoms with Crippen LogP contribution in [-0.2, 0) is 4.79 Å². The molecule has 0 saturated carbocycles. The molecule has 0 aromatic carbocycles. The highest BCUT2D eigenvalue weighted by Gasteiger charge is 2.24. The molecule has 0 radical (unpaired) electrons. The number of halogens is 2.